The largest absolute Gasteiger partial charge is 0.467 e. The Kier molecular flexibility index (Phi) is 4.95. The maximum Gasteiger partial charge on any atom is 0.237 e. The second-order valence-electron chi connectivity index (χ2n) is 5.17. The van der Waals surface area contributed by atoms with Crippen molar-refractivity contribution in [3.8, 4) is 0 Å². The molecule has 0 saturated carbocycles. The standard InChI is InChI=1S/C15H17ClN6O2/c1-10(16)15(23)17-4-5-22-14-12(8-21-22)13(19-9-20-14)18-7-11-3-2-6-24-11/h2-3,6,8-10H,4-5,7H2,1H3,(H,17,23)(H,18,19,20). The Balaban J connectivity index is 1.68. The lowest BCUT2D eigenvalue weighted by Gasteiger charge is -2.07. The number of nitrogens with one attached hydrogen (secondary N) is 2. The summed E-state index contributed by atoms with van der Waals surface area (Å²) in [5, 5.41) is 10.5. The van der Waals surface area contributed by atoms with Crippen molar-refractivity contribution in [2.24, 2.45) is 0 Å². The molecule has 3 aromatic rings. The fourth-order valence-corrected chi connectivity index (χ4v) is 2.28. The number of nitrogens with zero attached hydrogens (tertiary/aromatic N) is 4. The predicted octanol–water partition coefficient (Wildman–Crippen LogP) is 1.77. The highest BCUT2D eigenvalue weighted by Crippen LogP contribution is 2.19. The lowest BCUT2D eigenvalue weighted by atomic mass is 10.3. The number of fused-ring (bicyclic) bond motifs is 1. The average molecular weight is 349 g/mol. The van der Waals surface area contributed by atoms with Gasteiger partial charge >= 0.3 is 0 Å². The quantitative estimate of drug-likeness (QED) is 0.631. The molecule has 0 aromatic carbocycles. The van der Waals surface area contributed by atoms with Gasteiger partial charge in [-0.2, -0.15) is 5.10 Å². The highest BCUT2D eigenvalue weighted by molar-refractivity contribution is 6.30. The van der Waals surface area contributed by atoms with Crippen molar-refractivity contribution in [2.75, 3.05) is 11.9 Å². The van der Waals surface area contributed by atoms with E-state index in [1.54, 1.807) is 24.1 Å². The fraction of sp³-hybridized carbons (Fsp3) is 0.333. The lowest BCUT2D eigenvalue weighted by Crippen LogP contribution is -2.32. The Labute approximate surface area is 143 Å². The predicted molar refractivity (Wildman–Crippen MR) is 89.7 cm³/mol. The Morgan fingerprint density at radius 1 is 1.46 bits per heavy atom. The molecule has 0 radical (unpaired) electrons. The number of rotatable bonds is 7. The Bertz CT molecular complexity index is 815. The summed E-state index contributed by atoms with van der Waals surface area (Å²) in [6.07, 6.45) is 4.80. The molecule has 0 aliphatic rings. The maximum atomic E-state index is 11.5. The van der Waals surface area contributed by atoms with Crippen molar-refractivity contribution < 1.29 is 9.21 Å². The summed E-state index contributed by atoms with van der Waals surface area (Å²) < 4.78 is 7.01. The molecule has 3 heterocycles. The van der Waals surface area contributed by atoms with Gasteiger partial charge < -0.3 is 15.1 Å². The van der Waals surface area contributed by atoms with Gasteiger partial charge in [0, 0.05) is 6.54 Å². The first kappa shape index (κ1) is 16.3. The van der Waals surface area contributed by atoms with Crippen molar-refractivity contribution in [3.05, 3.63) is 36.7 Å². The molecule has 0 spiro atoms. The molecule has 0 aliphatic heterocycles. The van der Waals surface area contributed by atoms with Gasteiger partial charge in [-0.15, -0.1) is 11.6 Å². The zero-order chi connectivity index (χ0) is 16.9. The molecule has 0 saturated heterocycles. The number of carbonyl (C=O) groups excluding carboxylic acids is 1. The zero-order valence-corrected chi connectivity index (χ0v) is 13.8. The van der Waals surface area contributed by atoms with Crippen molar-refractivity contribution in [1.29, 1.82) is 0 Å². The van der Waals surface area contributed by atoms with Gasteiger partial charge in [-0.3, -0.25) is 4.79 Å². The third-order valence-corrected chi connectivity index (χ3v) is 3.63. The number of anilines is 1. The van der Waals surface area contributed by atoms with Gasteiger partial charge in [0.15, 0.2) is 5.65 Å². The van der Waals surface area contributed by atoms with Crippen molar-refractivity contribution in [2.45, 2.75) is 25.4 Å². The topological polar surface area (TPSA) is 97.9 Å². The first-order valence-electron chi connectivity index (χ1n) is 7.49. The van der Waals surface area contributed by atoms with Crippen LogP contribution in [-0.2, 0) is 17.9 Å². The van der Waals surface area contributed by atoms with Crippen molar-refractivity contribution >= 4 is 34.4 Å². The first-order valence-corrected chi connectivity index (χ1v) is 7.93. The second kappa shape index (κ2) is 7.31. The number of amides is 1. The van der Waals surface area contributed by atoms with Crippen LogP contribution in [0.15, 0.2) is 35.3 Å². The molecule has 126 valence electrons. The summed E-state index contributed by atoms with van der Waals surface area (Å²) in [6.45, 7) is 3.07. The fourth-order valence-electron chi connectivity index (χ4n) is 2.21. The van der Waals surface area contributed by atoms with E-state index in [0.717, 1.165) is 11.1 Å². The van der Waals surface area contributed by atoms with Crippen LogP contribution in [0.25, 0.3) is 11.0 Å². The van der Waals surface area contributed by atoms with E-state index in [1.165, 1.54) is 6.33 Å². The van der Waals surface area contributed by atoms with Crippen LogP contribution in [0.2, 0.25) is 0 Å². The molecule has 24 heavy (non-hydrogen) atoms. The summed E-state index contributed by atoms with van der Waals surface area (Å²) in [4.78, 5) is 20.0. The van der Waals surface area contributed by atoms with Crippen LogP contribution in [0, 0.1) is 0 Å². The number of furan rings is 1. The number of hydrogen-bond acceptors (Lipinski definition) is 6. The summed E-state index contributed by atoms with van der Waals surface area (Å²) >= 11 is 5.71. The Hall–Kier alpha value is -2.61. The molecular formula is C15H17ClN6O2. The van der Waals surface area contributed by atoms with E-state index in [1.807, 2.05) is 12.1 Å². The third kappa shape index (κ3) is 3.65. The van der Waals surface area contributed by atoms with Crippen LogP contribution >= 0.6 is 11.6 Å². The average Bonchev–Trinajstić information content (AvgIpc) is 3.22. The Morgan fingerprint density at radius 3 is 3.08 bits per heavy atom. The highest BCUT2D eigenvalue weighted by Gasteiger charge is 2.11. The van der Waals surface area contributed by atoms with Crippen LogP contribution < -0.4 is 10.6 Å². The van der Waals surface area contributed by atoms with E-state index in [0.29, 0.717) is 31.1 Å². The van der Waals surface area contributed by atoms with Crippen molar-refractivity contribution in [3.63, 3.8) is 0 Å². The minimum absolute atomic E-state index is 0.205. The van der Waals surface area contributed by atoms with E-state index >= 15 is 0 Å². The molecule has 3 aromatic heterocycles. The maximum absolute atomic E-state index is 11.5. The van der Waals surface area contributed by atoms with Gasteiger partial charge in [0.25, 0.3) is 0 Å². The van der Waals surface area contributed by atoms with Gasteiger partial charge in [-0.05, 0) is 19.1 Å². The zero-order valence-electron chi connectivity index (χ0n) is 13.1. The van der Waals surface area contributed by atoms with Crippen LogP contribution in [-0.4, -0.2) is 37.6 Å². The molecule has 8 nitrogen and oxygen atoms in total. The van der Waals surface area contributed by atoms with Crippen LogP contribution in [0.3, 0.4) is 0 Å². The van der Waals surface area contributed by atoms with Gasteiger partial charge in [-0.25, -0.2) is 14.6 Å². The molecule has 0 bridgehead atoms. The van der Waals surface area contributed by atoms with Crippen LogP contribution in [0.4, 0.5) is 5.82 Å². The number of alkyl halides is 1. The minimum atomic E-state index is -0.556. The van der Waals surface area contributed by atoms with E-state index in [9.17, 15) is 4.79 Å². The number of halogens is 1. The minimum Gasteiger partial charge on any atom is -0.467 e. The summed E-state index contributed by atoms with van der Waals surface area (Å²) in [6, 6.07) is 3.72. The van der Waals surface area contributed by atoms with E-state index in [2.05, 4.69) is 25.7 Å². The van der Waals surface area contributed by atoms with Gasteiger partial charge in [0.1, 0.15) is 23.3 Å². The molecule has 2 N–H and O–H groups in total. The molecule has 0 fully saturated rings. The molecule has 3 rings (SSSR count). The first-order chi connectivity index (χ1) is 11.6. The monoisotopic (exact) mass is 348 g/mol. The highest BCUT2D eigenvalue weighted by atomic mass is 35.5. The van der Waals surface area contributed by atoms with Crippen LogP contribution in [0.1, 0.15) is 12.7 Å². The molecule has 1 atom stereocenters. The summed E-state index contributed by atoms with van der Waals surface area (Å²) in [7, 11) is 0. The van der Waals surface area contributed by atoms with Crippen LogP contribution in [0.5, 0.6) is 0 Å². The Morgan fingerprint density at radius 2 is 2.33 bits per heavy atom. The molecule has 1 unspecified atom stereocenters. The summed E-state index contributed by atoms with van der Waals surface area (Å²) in [5.74, 6) is 1.29. The van der Waals surface area contributed by atoms with E-state index in [-0.39, 0.29) is 5.91 Å². The number of carbonyl (C=O) groups is 1. The van der Waals surface area contributed by atoms with Crippen molar-refractivity contribution in [1.82, 2.24) is 25.1 Å². The normalized spacial score (nSPS) is 12.2. The lowest BCUT2D eigenvalue weighted by molar-refractivity contribution is -0.120. The molecular weight excluding hydrogens is 332 g/mol. The number of aromatic nitrogens is 4. The molecule has 9 heteroatoms. The third-order valence-electron chi connectivity index (χ3n) is 3.43. The SMILES string of the molecule is CC(Cl)C(=O)NCCn1ncc2c(NCc3ccco3)ncnc21. The molecule has 1 amide bonds. The van der Waals surface area contributed by atoms with Gasteiger partial charge in [0.05, 0.1) is 30.9 Å². The van der Waals surface area contributed by atoms with E-state index in [4.69, 9.17) is 16.0 Å². The number of hydrogen-bond donors (Lipinski definition) is 2. The van der Waals surface area contributed by atoms with Gasteiger partial charge in [-0.1, -0.05) is 0 Å². The smallest absolute Gasteiger partial charge is 0.237 e. The second-order valence-corrected chi connectivity index (χ2v) is 5.82. The van der Waals surface area contributed by atoms with E-state index < -0.39 is 5.38 Å². The molecule has 0 aliphatic carbocycles. The van der Waals surface area contributed by atoms with Gasteiger partial charge in [0.2, 0.25) is 5.91 Å². The summed E-state index contributed by atoms with van der Waals surface area (Å²) in [5.41, 5.74) is 0.695.